The third kappa shape index (κ3) is 3.75. The van der Waals surface area contributed by atoms with Gasteiger partial charge in [0.1, 0.15) is 5.75 Å². The normalized spacial score (nSPS) is 12.8. The minimum Gasteiger partial charge on any atom is -0.435 e. The Bertz CT molecular complexity index is 303. The molecule has 0 fully saturated rings. The molecule has 5 heteroatoms. The first kappa shape index (κ1) is 12.9. The van der Waals surface area contributed by atoms with E-state index in [0.29, 0.717) is 0 Å². The fourth-order valence-corrected chi connectivity index (χ4v) is 1.42. The van der Waals surface area contributed by atoms with Crippen molar-refractivity contribution in [3.05, 3.63) is 29.8 Å². The molecule has 0 bridgehead atoms. The van der Waals surface area contributed by atoms with Gasteiger partial charge >= 0.3 is 6.61 Å². The largest absolute Gasteiger partial charge is 0.435 e. The third-order valence-electron chi connectivity index (χ3n) is 2.14. The van der Waals surface area contributed by atoms with E-state index in [1.165, 1.54) is 12.1 Å². The Morgan fingerprint density at radius 2 is 1.94 bits per heavy atom. The van der Waals surface area contributed by atoms with Gasteiger partial charge in [0, 0.05) is 0 Å². The summed E-state index contributed by atoms with van der Waals surface area (Å²) < 4.78 is 28.0. The molecule has 1 atom stereocenters. The van der Waals surface area contributed by atoms with Crippen LogP contribution in [0, 0.1) is 0 Å². The monoisotopic (exact) mass is 231 g/mol. The number of aliphatic hydroxyl groups excluding tert-OH is 1. The molecule has 1 aromatic carbocycles. The third-order valence-corrected chi connectivity index (χ3v) is 2.14. The summed E-state index contributed by atoms with van der Waals surface area (Å²) in [6.07, 6.45) is 0. The van der Waals surface area contributed by atoms with Crippen LogP contribution in [0.3, 0.4) is 0 Å². The summed E-state index contributed by atoms with van der Waals surface area (Å²) in [6.45, 7) is -0.200. The first-order valence-corrected chi connectivity index (χ1v) is 5.06. The number of halogens is 2. The molecule has 0 aromatic heterocycles. The number of alkyl halides is 2. The molecule has 90 valence electrons. The molecule has 0 heterocycles. The van der Waals surface area contributed by atoms with Gasteiger partial charge in [-0.05, 0) is 24.2 Å². The Morgan fingerprint density at radius 3 is 2.38 bits per heavy atom. The standard InChI is InChI=1S/C11H15F2NO2/c1-2-14-10(7-15)8-3-5-9(6-4-8)16-11(12)13/h3-6,10-11,14-15H,2,7H2,1H3. The van der Waals surface area contributed by atoms with Crippen molar-refractivity contribution in [2.45, 2.75) is 19.6 Å². The van der Waals surface area contributed by atoms with Gasteiger partial charge in [0.05, 0.1) is 12.6 Å². The Morgan fingerprint density at radius 1 is 1.31 bits per heavy atom. The summed E-state index contributed by atoms with van der Waals surface area (Å²) in [4.78, 5) is 0. The highest BCUT2D eigenvalue weighted by Gasteiger charge is 2.09. The van der Waals surface area contributed by atoms with Gasteiger partial charge < -0.3 is 15.2 Å². The van der Waals surface area contributed by atoms with Gasteiger partial charge in [0.15, 0.2) is 0 Å². The van der Waals surface area contributed by atoms with Crippen LogP contribution in [0.5, 0.6) is 5.75 Å². The number of aliphatic hydroxyl groups is 1. The van der Waals surface area contributed by atoms with Crippen LogP contribution >= 0.6 is 0 Å². The first-order valence-electron chi connectivity index (χ1n) is 5.06. The molecule has 0 aliphatic rings. The lowest BCUT2D eigenvalue weighted by molar-refractivity contribution is -0.0498. The smallest absolute Gasteiger partial charge is 0.387 e. The number of likely N-dealkylation sites (N-methyl/N-ethyl adjacent to an activating group) is 1. The quantitative estimate of drug-likeness (QED) is 0.786. The molecule has 0 radical (unpaired) electrons. The highest BCUT2D eigenvalue weighted by atomic mass is 19.3. The second kappa shape index (κ2) is 6.40. The maximum absolute atomic E-state index is 11.9. The van der Waals surface area contributed by atoms with Gasteiger partial charge in [-0.1, -0.05) is 19.1 Å². The van der Waals surface area contributed by atoms with E-state index in [0.717, 1.165) is 12.1 Å². The maximum atomic E-state index is 11.9. The predicted molar refractivity (Wildman–Crippen MR) is 56.6 cm³/mol. The van der Waals surface area contributed by atoms with E-state index in [2.05, 4.69) is 10.1 Å². The number of rotatable bonds is 6. The molecule has 0 aliphatic carbocycles. The van der Waals surface area contributed by atoms with Crippen molar-refractivity contribution < 1.29 is 18.6 Å². The van der Waals surface area contributed by atoms with Gasteiger partial charge in [0.2, 0.25) is 0 Å². The molecule has 2 N–H and O–H groups in total. The van der Waals surface area contributed by atoms with Gasteiger partial charge in [-0.3, -0.25) is 0 Å². The van der Waals surface area contributed by atoms with Crippen LogP contribution in [-0.4, -0.2) is 24.9 Å². The molecule has 0 saturated heterocycles. The summed E-state index contributed by atoms with van der Waals surface area (Å²) in [6, 6.07) is 6.05. The van der Waals surface area contributed by atoms with Gasteiger partial charge in [-0.2, -0.15) is 8.78 Å². The lowest BCUT2D eigenvalue weighted by Crippen LogP contribution is -2.23. The van der Waals surface area contributed by atoms with Crippen LogP contribution < -0.4 is 10.1 Å². The molecule has 0 aliphatic heterocycles. The van der Waals surface area contributed by atoms with Gasteiger partial charge in [0.25, 0.3) is 0 Å². The van der Waals surface area contributed by atoms with Crippen molar-refractivity contribution in [2.24, 2.45) is 0 Å². The molecule has 1 rings (SSSR count). The molecule has 0 spiro atoms. The van der Waals surface area contributed by atoms with Crippen LogP contribution in [-0.2, 0) is 0 Å². The summed E-state index contributed by atoms with van der Waals surface area (Å²) in [5.74, 6) is 0.118. The number of hydrogen-bond donors (Lipinski definition) is 2. The van der Waals surface area contributed by atoms with Crippen molar-refractivity contribution in [1.82, 2.24) is 5.32 Å². The maximum Gasteiger partial charge on any atom is 0.387 e. The highest BCUT2D eigenvalue weighted by Crippen LogP contribution is 2.19. The zero-order valence-electron chi connectivity index (χ0n) is 8.99. The van der Waals surface area contributed by atoms with E-state index in [1.54, 1.807) is 12.1 Å². The number of benzene rings is 1. The van der Waals surface area contributed by atoms with Crippen LogP contribution in [0.2, 0.25) is 0 Å². The molecule has 16 heavy (non-hydrogen) atoms. The SMILES string of the molecule is CCNC(CO)c1ccc(OC(F)F)cc1. The van der Waals surface area contributed by atoms with E-state index in [-0.39, 0.29) is 18.4 Å². The first-order chi connectivity index (χ1) is 7.67. The van der Waals surface area contributed by atoms with E-state index in [1.807, 2.05) is 6.92 Å². The topological polar surface area (TPSA) is 41.5 Å². The van der Waals surface area contributed by atoms with Gasteiger partial charge in [-0.25, -0.2) is 0 Å². The molecule has 1 aromatic rings. The molecular formula is C11H15F2NO2. The van der Waals surface area contributed by atoms with Crippen LogP contribution in [0.4, 0.5) is 8.78 Å². The van der Waals surface area contributed by atoms with Crippen molar-refractivity contribution in [1.29, 1.82) is 0 Å². The molecule has 0 saturated carbocycles. The zero-order chi connectivity index (χ0) is 12.0. The van der Waals surface area contributed by atoms with Crippen LogP contribution in [0.25, 0.3) is 0 Å². The molecular weight excluding hydrogens is 216 g/mol. The second-order valence-corrected chi connectivity index (χ2v) is 3.24. The lowest BCUT2D eigenvalue weighted by atomic mass is 10.1. The van der Waals surface area contributed by atoms with Gasteiger partial charge in [-0.15, -0.1) is 0 Å². The highest BCUT2D eigenvalue weighted by molar-refractivity contribution is 5.29. The van der Waals surface area contributed by atoms with Crippen molar-refractivity contribution in [2.75, 3.05) is 13.2 Å². The summed E-state index contributed by atoms with van der Waals surface area (Å²) in [7, 11) is 0. The summed E-state index contributed by atoms with van der Waals surface area (Å²) in [5.41, 5.74) is 0.839. The lowest BCUT2D eigenvalue weighted by Gasteiger charge is -2.15. The fourth-order valence-electron chi connectivity index (χ4n) is 1.42. The minimum atomic E-state index is -2.81. The summed E-state index contributed by atoms with van der Waals surface area (Å²) >= 11 is 0. The van der Waals surface area contributed by atoms with E-state index in [9.17, 15) is 8.78 Å². The Balaban J connectivity index is 2.69. The minimum absolute atomic E-state index is 0.0388. The average Bonchev–Trinajstić information content (AvgIpc) is 2.26. The van der Waals surface area contributed by atoms with E-state index in [4.69, 9.17) is 5.11 Å². The molecule has 1 unspecified atom stereocenters. The van der Waals surface area contributed by atoms with Crippen molar-refractivity contribution in [3.8, 4) is 5.75 Å². The predicted octanol–water partition coefficient (Wildman–Crippen LogP) is 1.93. The number of hydrogen-bond acceptors (Lipinski definition) is 3. The Kier molecular flexibility index (Phi) is 5.14. The average molecular weight is 231 g/mol. The molecule has 0 amide bonds. The van der Waals surface area contributed by atoms with E-state index >= 15 is 0 Å². The second-order valence-electron chi connectivity index (χ2n) is 3.24. The van der Waals surface area contributed by atoms with Crippen molar-refractivity contribution in [3.63, 3.8) is 0 Å². The van der Waals surface area contributed by atoms with Crippen LogP contribution in [0.1, 0.15) is 18.5 Å². The number of nitrogens with one attached hydrogen (secondary N) is 1. The number of ether oxygens (including phenoxy) is 1. The van der Waals surface area contributed by atoms with Crippen molar-refractivity contribution >= 4 is 0 Å². The zero-order valence-corrected chi connectivity index (χ0v) is 8.99. The summed E-state index contributed by atoms with van der Waals surface area (Å²) in [5, 5.41) is 12.2. The van der Waals surface area contributed by atoms with Crippen LogP contribution in [0.15, 0.2) is 24.3 Å². The Hall–Kier alpha value is -1.20. The Labute approximate surface area is 93.0 Å². The van der Waals surface area contributed by atoms with E-state index < -0.39 is 6.61 Å². The molecule has 3 nitrogen and oxygen atoms in total. The fraction of sp³-hybridized carbons (Fsp3) is 0.455.